The molecule has 1 atom stereocenters. The highest BCUT2D eigenvalue weighted by Crippen LogP contribution is 2.15. The van der Waals surface area contributed by atoms with Gasteiger partial charge < -0.3 is 5.32 Å². The monoisotopic (exact) mass is 315 g/mol. The van der Waals surface area contributed by atoms with Crippen molar-refractivity contribution in [2.75, 3.05) is 0 Å². The minimum Gasteiger partial charge on any atom is -0.306 e. The van der Waals surface area contributed by atoms with Gasteiger partial charge >= 0.3 is 0 Å². The van der Waals surface area contributed by atoms with Crippen LogP contribution in [-0.4, -0.2) is 4.98 Å². The standard InChI is InChI=1S/C15H14BrN3/c1-11(14-4-2-12(7-17)3-5-14)19-9-13-6-15(16)10-18-8-13/h2-6,8,10-11,19H,9H2,1H3. The van der Waals surface area contributed by atoms with Gasteiger partial charge in [-0.2, -0.15) is 5.26 Å². The molecule has 3 nitrogen and oxygen atoms in total. The van der Waals surface area contributed by atoms with E-state index in [1.807, 2.05) is 36.5 Å². The van der Waals surface area contributed by atoms with E-state index in [4.69, 9.17) is 5.26 Å². The summed E-state index contributed by atoms with van der Waals surface area (Å²) < 4.78 is 0.984. The highest BCUT2D eigenvalue weighted by molar-refractivity contribution is 9.10. The summed E-state index contributed by atoms with van der Waals surface area (Å²) in [6, 6.07) is 12.0. The lowest BCUT2D eigenvalue weighted by Gasteiger charge is -2.14. The molecular formula is C15H14BrN3. The maximum absolute atomic E-state index is 8.77. The fourth-order valence-electron chi connectivity index (χ4n) is 1.79. The Balaban J connectivity index is 1.97. The van der Waals surface area contributed by atoms with Crippen molar-refractivity contribution in [1.82, 2.24) is 10.3 Å². The van der Waals surface area contributed by atoms with Gasteiger partial charge in [0.15, 0.2) is 0 Å². The van der Waals surface area contributed by atoms with Crippen LogP contribution in [0.5, 0.6) is 0 Å². The maximum Gasteiger partial charge on any atom is 0.0991 e. The summed E-state index contributed by atoms with van der Waals surface area (Å²) in [4.78, 5) is 4.13. The van der Waals surface area contributed by atoms with Gasteiger partial charge in [-0.25, -0.2) is 0 Å². The normalized spacial score (nSPS) is 11.8. The van der Waals surface area contributed by atoms with Crippen molar-refractivity contribution in [2.45, 2.75) is 19.5 Å². The van der Waals surface area contributed by atoms with Crippen molar-refractivity contribution in [1.29, 1.82) is 5.26 Å². The number of benzene rings is 1. The molecule has 0 aliphatic rings. The third-order valence-electron chi connectivity index (χ3n) is 2.91. The van der Waals surface area contributed by atoms with Crippen LogP contribution >= 0.6 is 15.9 Å². The average molecular weight is 316 g/mol. The Morgan fingerprint density at radius 1 is 1.32 bits per heavy atom. The van der Waals surface area contributed by atoms with Gasteiger partial charge in [-0.15, -0.1) is 0 Å². The minimum atomic E-state index is 0.228. The zero-order valence-corrected chi connectivity index (χ0v) is 12.2. The smallest absolute Gasteiger partial charge is 0.0991 e. The maximum atomic E-state index is 8.77. The molecule has 0 radical (unpaired) electrons. The van der Waals surface area contributed by atoms with Crippen LogP contribution in [0.15, 0.2) is 47.2 Å². The molecule has 0 bridgehead atoms. The summed E-state index contributed by atoms with van der Waals surface area (Å²) in [7, 11) is 0. The van der Waals surface area contributed by atoms with Crippen LogP contribution in [0, 0.1) is 11.3 Å². The van der Waals surface area contributed by atoms with E-state index >= 15 is 0 Å². The van der Waals surface area contributed by atoms with Crippen LogP contribution in [0.1, 0.15) is 29.7 Å². The van der Waals surface area contributed by atoms with Crippen molar-refractivity contribution in [3.8, 4) is 6.07 Å². The fraction of sp³-hybridized carbons (Fsp3) is 0.200. The highest BCUT2D eigenvalue weighted by Gasteiger charge is 2.05. The van der Waals surface area contributed by atoms with E-state index < -0.39 is 0 Å². The Morgan fingerprint density at radius 3 is 2.68 bits per heavy atom. The molecule has 1 heterocycles. The SMILES string of the molecule is CC(NCc1cncc(Br)c1)c1ccc(C#N)cc1. The van der Waals surface area contributed by atoms with Gasteiger partial charge in [0.2, 0.25) is 0 Å². The Bertz CT molecular complexity index is 587. The van der Waals surface area contributed by atoms with Crippen molar-refractivity contribution >= 4 is 15.9 Å². The predicted molar refractivity (Wildman–Crippen MR) is 78.3 cm³/mol. The lowest BCUT2D eigenvalue weighted by Crippen LogP contribution is -2.18. The third-order valence-corrected chi connectivity index (χ3v) is 3.35. The highest BCUT2D eigenvalue weighted by atomic mass is 79.9. The van der Waals surface area contributed by atoms with E-state index in [-0.39, 0.29) is 6.04 Å². The summed E-state index contributed by atoms with van der Waals surface area (Å²) in [5, 5.41) is 12.2. The van der Waals surface area contributed by atoms with E-state index in [1.165, 1.54) is 5.56 Å². The lowest BCUT2D eigenvalue weighted by molar-refractivity contribution is 0.573. The minimum absolute atomic E-state index is 0.228. The summed E-state index contributed by atoms with van der Waals surface area (Å²) >= 11 is 3.41. The molecule has 0 saturated heterocycles. The second-order valence-corrected chi connectivity index (χ2v) is 5.26. The molecule has 1 aromatic carbocycles. The zero-order chi connectivity index (χ0) is 13.7. The number of nitriles is 1. The number of hydrogen-bond acceptors (Lipinski definition) is 3. The molecule has 0 saturated carbocycles. The summed E-state index contributed by atoms with van der Waals surface area (Å²) in [6.45, 7) is 2.86. The van der Waals surface area contributed by atoms with Crippen molar-refractivity contribution in [3.05, 3.63) is 63.9 Å². The fourth-order valence-corrected chi connectivity index (χ4v) is 2.20. The number of aromatic nitrogens is 1. The zero-order valence-electron chi connectivity index (χ0n) is 10.6. The third kappa shape index (κ3) is 3.88. The van der Waals surface area contributed by atoms with Gasteiger partial charge in [0, 0.05) is 29.5 Å². The van der Waals surface area contributed by atoms with E-state index in [9.17, 15) is 0 Å². The molecule has 96 valence electrons. The molecule has 0 spiro atoms. The van der Waals surface area contributed by atoms with E-state index in [0.29, 0.717) is 5.56 Å². The first-order valence-corrected chi connectivity index (χ1v) is 6.81. The summed E-state index contributed by atoms with van der Waals surface area (Å²) in [5.74, 6) is 0. The molecule has 2 rings (SSSR count). The number of pyridine rings is 1. The molecule has 2 aromatic rings. The largest absolute Gasteiger partial charge is 0.306 e. The topological polar surface area (TPSA) is 48.7 Å². The second-order valence-electron chi connectivity index (χ2n) is 4.35. The Labute approximate surface area is 121 Å². The van der Waals surface area contributed by atoms with E-state index in [1.54, 1.807) is 6.20 Å². The Kier molecular flexibility index (Phi) is 4.67. The predicted octanol–water partition coefficient (Wildman–Crippen LogP) is 3.57. The van der Waals surface area contributed by atoms with Gasteiger partial charge in [-0.1, -0.05) is 12.1 Å². The van der Waals surface area contributed by atoms with Crippen molar-refractivity contribution < 1.29 is 0 Å². The van der Waals surface area contributed by atoms with Gasteiger partial charge in [-0.3, -0.25) is 4.98 Å². The van der Waals surface area contributed by atoms with Crippen LogP contribution in [-0.2, 0) is 6.54 Å². The molecule has 0 aliphatic carbocycles. The molecule has 0 fully saturated rings. The van der Waals surface area contributed by atoms with Crippen LogP contribution < -0.4 is 5.32 Å². The molecule has 1 aromatic heterocycles. The number of hydrogen-bond donors (Lipinski definition) is 1. The molecule has 0 amide bonds. The lowest BCUT2D eigenvalue weighted by atomic mass is 10.1. The van der Waals surface area contributed by atoms with Gasteiger partial charge in [0.05, 0.1) is 11.6 Å². The van der Waals surface area contributed by atoms with Crippen LogP contribution in [0.4, 0.5) is 0 Å². The first kappa shape index (κ1) is 13.7. The van der Waals surface area contributed by atoms with E-state index in [2.05, 4.69) is 39.2 Å². The summed E-state index contributed by atoms with van der Waals surface area (Å²) in [5.41, 5.74) is 2.99. The Morgan fingerprint density at radius 2 is 2.05 bits per heavy atom. The molecule has 4 heteroatoms. The molecule has 19 heavy (non-hydrogen) atoms. The Hall–Kier alpha value is -1.70. The van der Waals surface area contributed by atoms with Crippen LogP contribution in [0.2, 0.25) is 0 Å². The number of nitrogens with zero attached hydrogens (tertiary/aromatic N) is 2. The number of rotatable bonds is 4. The average Bonchev–Trinajstić information content (AvgIpc) is 2.45. The van der Waals surface area contributed by atoms with Gasteiger partial charge in [0.1, 0.15) is 0 Å². The number of halogens is 1. The van der Waals surface area contributed by atoms with Crippen LogP contribution in [0.3, 0.4) is 0 Å². The first-order chi connectivity index (χ1) is 9.19. The van der Waals surface area contributed by atoms with Gasteiger partial charge in [0.25, 0.3) is 0 Å². The molecule has 1 N–H and O–H groups in total. The first-order valence-electron chi connectivity index (χ1n) is 6.02. The molecule has 1 unspecified atom stereocenters. The van der Waals surface area contributed by atoms with Crippen LogP contribution in [0.25, 0.3) is 0 Å². The van der Waals surface area contributed by atoms with Gasteiger partial charge in [-0.05, 0) is 52.2 Å². The summed E-state index contributed by atoms with van der Waals surface area (Å²) in [6.07, 6.45) is 3.62. The number of nitrogens with one attached hydrogen (secondary N) is 1. The van der Waals surface area contributed by atoms with Crippen molar-refractivity contribution in [2.24, 2.45) is 0 Å². The molecule has 0 aliphatic heterocycles. The van der Waals surface area contributed by atoms with Crippen molar-refractivity contribution in [3.63, 3.8) is 0 Å². The molecular weight excluding hydrogens is 302 g/mol. The van der Waals surface area contributed by atoms with E-state index in [0.717, 1.165) is 16.6 Å². The quantitative estimate of drug-likeness (QED) is 0.938. The second kappa shape index (κ2) is 6.46.